The Labute approximate surface area is 129 Å². The maximum atomic E-state index is 11.4. The highest BCUT2D eigenvalue weighted by molar-refractivity contribution is 7.80. The summed E-state index contributed by atoms with van der Waals surface area (Å²) in [6.07, 6.45) is 5.39. The summed E-state index contributed by atoms with van der Waals surface area (Å²) < 4.78 is 0. The highest BCUT2D eigenvalue weighted by Gasteiger charge is 2.30. The van der Waals surface area contributed by atoms with Gasteiger partial charge in [0, 0.05) is 18.7 Å². The van der Waals surface area contributed by atoms with Gasteiger partial charge in [-0.05, 0) is 38.5 Å². The third-order valence-corrected chi connectivity index (χ3v) is 3.54. The van der Waals surface area contributed by atoms with E-state index in [0.29, 0.717) is 19.4 Å². The van der Waals surface area contributed by atoms with E-state index in [-0.39, 0.29) is 23.7 Å². The second-order valence-corrected chi connectivity index (χ2v) is 6.06. The number of carboxylic acid groups (broad SMARTS) is 1. The number of nitrogens with zero attached hydrogens (tertiary/aromatic N) is 1. The van der Waals surface area contributed by atoms with Crippen molar-refractivity contribution >= 4 is 30.4 Å². The first kappa shape index (κ1) is 17.7. The highest BCUT2D eigenvalue weighted by Crippen LogP contribution is 2.29. The second-order valence-electron chi connectivity index (χ2n) is 5.31. The maximum Gasteiger partial charge on any atom is 0.306 e. The Hall–Kier alpha value is -1.34. The van der Waals surface area contributed by atoms with Gasteiger partial charge in [0.1, 0.15) is 0 Å². The normalized spacial score (nSPS) is 26.3. The molecule has 0 saturated heterocycles. The Kier molecular flexibility index (Phi) is 6.91. The lowest BCUT2D eigenvalue weighted by Gasteiger charge is -2.28. The molecule has 118 valence electrons. The summed E-state index contributed by atoms with van der Waals surface area (Å²) in [7, 11) is 0. The standard InChI is InChI=1S/C12H15NO4.C2H6OS/c14-10-5-6-11(15)13(10)7-8-1-3-9(4-2-8)12(16)17;1-2(3)4/h5-6,8-9H,1-4,7H2,(H,16,17);2-4H,1H3. The minimum absolute atomic E-state index is 0.249. The van der Waals surface area contributed by atoms with Gasteiger partial charge in [0.05, 0.1) is 11.4 Å². The third-order valence-electron chi connectivity index (χ3n) is 3.54. The van der Waals surface area contributed by atoms with E-state index in [4.69, 9.17) is 10.2 Å². The Balaban J connectivity index is 0.000000491. The van der Waals surface area contributed by atoms with Crippen molar-refractivity contribution in [3.05, 3.63) is 12.2 Å². The molecule has 0 aromatic rings. The van der Waals surface area contributed by atoms with Crippen molar-refractivity contribution in [3.63, 3.8) is 0 Å². The molecule has 21 heavy (non-hydrogen) atoms. The molecule has 2 rings (SSSR count). The fourth-order valence-corrected chi connectivity index (χ4v) is 2.46. The number of carboxylic acids is 1. The molecule has 1 unspecified atom stereocenters. The van der Waals surface area contributed by atoms with Crippen molar-refractivity contribution < 1.29 is 24.6 Å². The van der Waals surface area contributed by atoms with E-state index in [1.807, 2.05) is 0 Å². The molecule has 0 radical (unpaired) electrons. The van der Waals surface area contributed by atoms with E-state index in [9.17, 15) is 14.4 Å². The fraction of sp³-hybridized carbons (Fsp3) is 0.643. The van der Waals surface area contributed by atoms with Gasteiger partial charge in [0.25, 0.3) is 11.8 Å². The van der Waals surface area contributed by atoms with Gasteiger partial charge < -0.3 is 10.2 Å². The van der Waals surface area contributed by atoms with Crippen molar-refractivity contribution in [2.24, 2.45) is 11.8 Å². The zero-order chi connectivity index (χ0) is 16.0. The van der Waals surface area contributed by atoms with Gasteiger partial charge >= 0.3 is 5.97 Å². The number of hydrogen-bond acceptors (Lipinski definition) is 5. The average Bonchev–Trinajstić information content (AvgIpc) is 2.70. The molecule has 0 aromatic carbocycles. The van der Waals surface area contributed by atoms with Crippen LogP contribution in [0.5, 0.6) is 0 Å². The Morgan fingerprint density at radius 1 is 1.29 bits per heavy atom. The SMILES string of the molecule is CC(O)S.O=C(O)C1CCC(CN2C(=O)C=CC2=O)CC1. The van der Waals surface area contributed by atoms with Crippen LogP contribution in [0, 0.1) is 11.8 Å². The van der Waals surface area contributed by atoms with Crippen LogP contribution in [0.1, 0.15) is 32.6 Å². The van der Waals surface area contributed by atoms with Gasteiger partial charge in [-0.25, -0.2) is 0 Å². The second kappa shape index (κ2) is 8.19. The molecule has 1 heterocycles. The Morgan fingerprint density at radius 3 is 2.10 bits per heavy atom. The number of carbonyl (C=O) groups is 3. The van der Waals surface area contributed by atoms with Crippen molar-refractivity contribution in [3.8, 4) is 0 Å². The molecule has 0 aromatic heterocycles. The Morgan fingerprint density at radius 2 is 1.71 bits per heavy atom. The molecule has 1 aliphatic heterocycles. The highest BCUT2D eigenvalue weighted by atomic mass is 32.1. The van der Waals surface area contributed by atoms with E-state index in [1.165, 1.54) is 17.1 Å². The first-order valence-corrected chi connectivity index (χ1v) is 7.45. The van der Waals surface area contributed by atoms with E-state index in [1.54, 1.807) is 6.92 Å². The number of imide groups is 1. The average molecular weight is 315 g/mol. The Bertz CT molecular complexity index is 406. The van der Waals surface area contributed by atoms with Gasteiger partial charge in [-0.2, -0.15) is 0 Å². The van der Waals surface area contributed by atoms with Crippen molar-refractivity contribution in [2.75, 3.05) is 6.54 Å². The monoisotopic (exact) mass is 315 g/mol. The molecular formula is C14H21NO5S. The molecule has 1 saturated carbocycles. The lowest BCUT2D eigenvalue weighted by molar-refractivity contribution is -0.144. The number of thiol groups is 1. The van der Waals surface area contributed by atoms with E-state index < -0.39 is 11.4 Å². The summed E-state index contributed by atoms with van der Waals surface area (Å²) in [4.78, 5) is 34.7. The van der Waals surface area contributed by atoms with Crippen molar-refractivity contribution in [1.82, 2.24) is 4.90 Å². The molecule has 0 bridgehead atoms. The van der Waals surface area contributed by atoms with Crippen LogP contribution in [0.3, 0.4) is 0 Å². The van der Waals surface area contributed by atoms with Crippen LogP contribution in [0.4, 0.5) is 0 Å². The number of rotatable bonds is 3. The van der Waals surface area contributed by atoms with Crippen LogP contribution in [0.25, 0.3) is 0 Å². The van der Waals surface area contributed by atoms with Crippen LogP contribution in [0.15, 0.2) is 12.2 Å². The molecule has 6 nitrogen and oxygen atoms in total. The minimum atomic E-state index is -0.738. The van der Waals surface area contributed by atoms with E-state index >= 15 is 0 Å². The quantitative estimate of drug-likeness (QED) is 0.411. The first-order chi connectivity index (χ1) is 9.81. The summed E-state index contributed by atoms with van der Waals surface area (Å²) in [6.45, 7) is 2.01. The molecular weight excluding hydrogens is 294 g/mol. The first-order valence-electron chi connectivity index (χ1n) is 6.93. The smallest absolute Gasteiger partial charge is 0.306 e. The number of aliphatic hydroxyl groups is 1. The molecule has 7 heteroatoms. The van der Waals surface area contributed by atoms with Crippen molar-refractivity contribution in [1.29, 1.82) is 0 Å². The van der Waals surface area contributed by atoms with Crippen LogP contribution < -0.4 is 0 Å². The van der Waals surface area contributed by atoms with Gasteiger partial charge in [-0.3, -0.25) is 19.3 Å². The van der Waals surface area contributed by atoms with Gasteiger partial charge in [0.2, 0.25) is 0 Å². The molecule has 1 aliphatic carbocycles. The summed E-state index contributed by atoms with van der Waals surface area (Å²) in [5.74, 6) is -1.25. The van der Waals surface area contributed by atoms with Gasteiger partial charge in [-0.15, -0.1) is 12.6 Å². The van der Waals surface area contributed by atoms with E-state index in [0.717, 1.165) is 12.8 Å². The molecule has 1 atom stereocenters. The number of carbonyl (C=O) groups excluding carboxylic acids is 2. The largest absolute Gasteiger partial charge is 0.481 e. The van der Waals surface area contributed by atoms with Crippen LogP contribution in [-0.2, 0) is 14.4 Å². The molecule has 1 fully saturated rings. The van der Waals surface area contributed by atoms with Gasteiger partial charge in [0.15, 0.2) is 0 Å². The van der Waals surface area contributed by atoms with Crippen LogP contribution >= 0.6 is 12.6 Å². The molecule has 0 spiro atoms. The van der Waals surface area contributed by atoms with Crippen LogP contribution in [-0.4, -0.2) is 44.9 Å². The summed E-state index contributed by atoms with van der Waals surface area (Å²) in [6, 6.07) is 0. The lowest BCUT2D eigenvalue weighted by Crippen LogP contribution is -2.36. The van der Waals surface area contributed by atoms with Crippen LogP contribution in [0.2, 0.25) is 0 Å². The zero-order valence-corrected chi connectivity index (χ0v) is 12.8. The predicted octanol–water partition coefficient (Wildman–Crippen LogP) is 1.06. The molecule has 2 amide bonds. The fourth-order valence-electron chi connectivity index (χ4n) is 2.46. The minimum Gasteiger partial charge on any atom is -0.481 e. The molecule has 2 N–H and O–H groups in total. The number of amides is 2. The predicted molar refractivity (Wildman–Crippen MR) is 79.6 cm³/mol. The number of hydrogen-bond donors (Lipinski definition) is 3. The van der Waals surface area contributed by atoms with Gasteiger partial charge in [-0.1, -0.05) is 0 Å². The van der Waals surface area contributed by atoms with Crippen molar-refractivity contribution in [2.45, 2.75) is 38.0 Å². The summed E-state index contributed by atoms with van der Waals surface area (Å²) >= 11 is 3.52. The zero-order valence-electron chi connectivity index (χ0n) is 11.9. The maximum absolute atomic E-state index is 11.4. The summed E-state index contributed by atoms with van der Waals surface area (Å²) in [5.41, 5.74) is -0.472. The third kappa shape index (κ3) is 5.89. The van der Waals surface area contributed by atoms with E-state index in [2.05, 4.69) is 12.6 Å². The summed E-state index contributed by atoms with van der Waals surface area (Å²) in [5, 5.41) is 16.8. The number of aliphatic hydroxyl groups excluding tert-OH is 1. The lowest BCUT2D eigenvalue weighted by atomic mass is 9.82. The molecule has 2 aliphatic rings. The number of aliphatic carboxylic acids is 1. The topological polar surface area (TPSA) is 94.9 Å².